The van der Waals surface area contributed by atoms with Crippen LogP contribution in [0.4, 0.5) is 0 Å². The predicted octanol–water partition coefficient (Wildman–Crippen LogP) is 3.97. The maximum Gasteiger partial charge on any atom is 0.122 e. The molecule has 2 rings (SSSR count). The second kappa shape index (κ2) is 9.11. The lowest BCUT2D eigenvalue weighted by Gasteiger charge is -2.39. The first-order chi connectivity index (χ1) is 12.1. The third kappa shape index (κ3) is 4.89. The van der Waals surface area contributed by atoms with E-state index < -0.39 is 0 Å². The van der Waals surface area contributed by atoms with E-state index in [2.05, 4.69) is 42.9 Å². The summed E-state index contributed by atoms with van der Waals surface area (Å²) in [5.41, 5.74) is 3.00. The average Bonchev–Trinajstić information content (AvgIpc) is 2.63. The molecule has 25 heavy (non-hydrogen) atoms. The van der Waals surface area contributed by atoms with Gasteiger partial charge in [-0.1, -0.05) is 24.6 Å². The number of aryl methyl sites for hydroxylation is 1. The standard InChI is InChI=1S/C20H30N2O3/c1-6-20(23-5)10-11-25-19(14-20)17(22-21-4)13-16-12-15(3)8-9-18(16)24-7-2/h8-9,12,19H,4,6-7,10-11,13-14H2,1-3,5H3/b22-17+. The van der Waals surface area contributed by atoms with Crippen molar-refractivity contribution in [3.8, 4) is 5.75 Å². The summed E-state index contributed by atoms with van der Waals surface area (Å²) in [4.78, 5) is 0. The Balaban J connectivity index is 2.26. The molecule has 0 N–H and O–H groups in total. The summed E-state index contributed by atoms with van der Waals surface area (Å²) >= 11 is 0. The molecule has 1 aliphatic heterocycles. The molecule has 5 heteroatoms. The quantitative estimate of drug-likeness (QED) is 0.529. The Morgan fingerprint density at radius 1 is 1.40 bits per heavy atom. The van der Waals surface area contributed by atoms with Crippen LogP contribution >= 0.6 is 0 Å². The lowest BCUT2D eigenvalue weighted by Crippen LogP contribution is -2.45. The molecule has 1 saturated heterocycles. The molecule has 0 saturated carbocycles. The van der Waals surface area contributed by atoms with Crippen LogP contribution in [0.5, 0.6) is 5.75 Å². The van der Waals surface area contributed by atoms with E-state index in [1.807, 2.05) is 13.0 Å². The number of rotatable bonds is 8. The number of hydrogen-bond acceptors (Lipinski definition) is 5. The summed E-state index contributed by atoms with van der Waals surface area (Å²) in [7, 11) is 1.78. The van der Waals surface area contributed by atoms with Gasteiger partial charge in [-0.2, -0.15) is 10.2 Å². The minimum Gasteiger partial charge on any atom is -0.494 e. The molecule has 1 heterocycles. The van der Waals surface area contributed by atoms with Gasteiger partial charge in [0.2, 0.25) is 0 Å². The lowest BCUT2D eigenvalue weighted by molar-refractivity contribution is -0.106. The van der Waals surface area contributed by atoms with Gasteiger partial charge in [-0.25, -0.2) is 0 Å². The van der Waals surface area contributed by atoms with E-state index in [4.69, 9.17) is 14.2 Å². The van der Waals surface area contributed by atoms with Gasteiger partial charge in [0.15, 0.2) is 0 Å². The molecule has 1 aliphatic rings. The monoisotopic (exact) mass is 346 g/mol. The number of ether oxygens (including phenoxy) is 3. The largest absolute Gasteiger partial charge is 0.494 e. The fourth-order valence-corrected chi connectivity index (χ4v) is 3.39. The maximum absolute atomic E-state index is 6.01. The summed E-state index contributed by atoms with van der Waals surface area (Å²) < 4.78 is 17.6. The fraction of sp³-hybridized carbons (Fsp3) is 0.600. The topological polar surface area (TPSA) is 52.4 Å². The smallest absolute Gasteiger partial charge is 0.122 e. The van der Waals surface area contributed by atoms with Gasteiger partial charge < -0.3 is 14.2 Å². The molecule has 1 fully saturated rings. The van der Waals surface area contributed by atoms with E-state index in [-0.39, 0.29) is 11.7 Å². The van der Waals surface area contributed by atoms with Crippen LogP contribution in [-0.2, 0) is 15.9 Å². The van der Waals surface area contributed by atoms with Crippen molar-refractivity contribution in [2.24, 2.45) is 10.2 Å². The Bertz CT molecular complexity index is 609. The van der Waals surface area contributed by atoms with Gasteiger partial charge in [-0.3, -0.25) is 0 Å². The molecular formula is C20H30N2O3. The highest BCUT2D eigenvalue weighted by Crippen LogP contribution is 2.33. The second-order valence-electron chi connectivity index (χ2n) is 6.51. The van der Waals surface area contributed by atoms with E-state index in [9.17, 15) is 0 Å². The molecule has 2 unspecified atom stereocenters. The zero-order valence-electron chi connectivity index (χ0n) is 15.9. The zero-order valence-corrected chi connectivity index (χ0v) is 15.9. The first kappa shape index (κ1) is 19.6. The van der Waals surface area contributed by atoms with Crippen molar-refractivity contribution in [2.75, 3.05) is 20.3 Å². The summed E-state index contributed by atoms with van der Waals surface area (Å²) in [5, 5.41) is 8.08. The molecular weight excluding hydrogens is 316 g/mol. The molecule has 0 spiro atoms. The third-order valence-electron chi connectivity index (χ3n) is 4.97. The van der Waals surface area contributed by atoms with Crippen molar-refractivity contribution < 1.29 is 14.2 Å². The molecule has 0 amide bonds. The van der Waals surface area contributed by atoms with Crippen molar-refractivity contribution in [1.29, 1.82) is 0 Å². The van der Waals surface area contributed by atoms with Crippen LogP contribution in [0.1, 0.15) is 44.2 Å². The van der Waals surface area contributed by atoms with Gasteiger partial charge >= 0.3 is 0 Å². The summed E-state index contributed by atoms with van der Waals surface area (Å²) in [6, 6.07) is 6.21. The average molecular weight is 346 g/mol. The molecule has 0 aromatic heterocycles. The van der Waals surface area contributed by atoms with Gasteiger partial charge in [-0.15, -0.1) is 0 Å². The normalized spacial score (nSPS) is 24.2. The molecule has 0 radical (unpaired) electrons. The Morgan fingerprint density at radius 3 is 2.84 bits per heavy atom. The van der Waals surface area contributed by atoms with Gasteiger partial charge in [0.25, 0.3) is 0 Å². The molecule has 5 nitrogen and oxygen atoms in total. The van der Waals surface area contributed by atoms with Crippen LogP contribution in [0, 0.1) is 6.92 Å². The lowest BCUT2D eigenvalue weighted by atomic mass is 9.85. The first-order valence-electron chi connectivity index (χ1n) is 8.99. The number of nitrogens with zero attached hydrogens (tertiary/aromatic N) is 2. The predicted molar refractivity (Wildman–Crippen MR) is 102 cm³/mol. The minimum atomic E-state index is -0.153. The van der Waals surface area contributed by atoms with Crippen LogP contribution in [0.15, 0.2) is 28.4 Å². The van der Waals surface area contributed by atoms with E-state index in [1.165, 1.54) is 5.56 Å². The van der Waals surface area contributed by atoms with Crippen molar-refractivity contribution in [1.82, 2.24) is 0 Å². The van der Waals surface area contributed by atoms with Crippen molar-refractivity contribution in [2.45, 2.75) is 58.2 Å². The number of methoxy groups -OCH3 is 1. The molecule has 0 aliphatic carbocycles. The van der Waals surface area contributed by atoms with E-state index >= 15 is 0 Å². The summed E-state index contributed by atoms with van der Waals surface area (Å²) in [5.74, 6) is 0.883. The van der Waals surface area contributed by atoms with E-state index in [0.29, 0.717) is 19.6 Å². The minimum absolute atomic E-state index is 0.117. The van der Waals surface area contributed by atoms with Crippen LogP contribution in [-0.4, -0.2) is 44.5 Å². The van der Waals surface area contributed by atoms with Crippen molar-refractivity contribution >= 4 is 12.4 Å². The van der Waals surface area contributed by atoms with Crippen LogP contribution in [0.25, 0.3) is 0 Å². The second-order valence-corrected chi connectivity index (χ2v) is 6.51. The zero-order chi connectivity index (χ0) is 18.3. The number of benzene rings is 1. The van der Waals surface area contributed by atoms with Crippen molar-refractivity contribution in [3.63, 3.8) is 0 Å². The molecule has 138 valence electrons. The fourth-order valence-electron chi connectivity index (χ4n) is 3.39. The van der Waals surface area contributed by atoms with Gasteiger partial charge in [0, 0.05) is 32.2 Å². The van der Waals surface area contributed by atoms with Crippen LogP contribution in [0.3, 0.4) is 0 Å². The molecule has 1 aromatic rings. The van der Waals surface area contributed by atoms with Gasteiger partial charge in [0.1, 0.15) is 11.9 Å². The Hall–Kier alpha value is -1.72. The SMILES string of the molecule is C=N/N=C(\Cc1cc(C)ccc1OCC)C1CC(CC)(OC)CCO1. The van der Waals surface area contributed by atoms with E-state index in [1.54, 1.807) is 7.11 Å². The molecule has 0 bridgehead atoms. The summed E-state index contributed by atoms with van der Waals surface area (Å²) in [6.07, 6.45) is 3.15. The van der Waals surface area contributed by atoms with Gasteiger partial charge in [-0.05, 0) is 32.8 Å². The van der Waals surface area contributed by atoms with Gasteiger partial charge in [0.05, 0.1) is 24.5 Å². The van der Waals surface area contributed by atoms with Crippen LogP contribution < -0.4 is 4.74 Å². The highest BCUT2D eigenvalue weighted by atomic mass is 16.5. The number of hydrogen-bond donors (Lipinski definition) is 0. The Kier molecular flexibility index (Phi) is 7.14. The highest BCUT2D eigenvalue weighted by molar-refractivity contribution is 5.91. The highest BCUT2D eigenvalue weighted by Gasteiger charge is 2.37. The Morgan fingerprint density at radius 2 is 2.20 bits per heavy atom. The molecule has 2 atom stereocenters. The summed E-state index contributed by atoms with van der Waals surface area (Å²) in [6.45, 7) is 11.0. The third-order valence-corrected chi connectivity index (χ3v) is 4.97. The van der Waals surface area contributed by atoms with Crippen LogP contribution in [0.2, 0.25) is 0 Å². The maximum atomic E-state index is 6.01. The Labute approximate surface area is 151 Å². The van der Waals surface area contributed by atoms with E-state index in [0.717, 1.165) is 36.3 Å². The first-order valence-corrected chi connectivity index (χ1v) is 8.99. The molecule has 1 aromatic carbocycles. The van der Waals surface area contributed by atoms with Crippen molar-refractivity contribution in [3.05, 3.63) is 29.3 Å².